The maximum atomic E-state index is 12.3. The van der Waals surface area contributed by atoms with Crippen LogP contribution in [0.5, 0.6) is 0 Å². The third kappa shape index (κ3) is 2.42. The average molecular weight is 290 g/mol. The zero-order valence-electron chi connectivity index (χ0n) is 10.9. The van der Waals surface area contributed by atoms with Crippen LogP contribution in [0.4, 0.5) is 0 Å². The molecule has 0 aromatic heterocycles. The van der Waals surface area contributed by atoms with Gasteiger partial charge in [-0.2, -0.15) is 4.31 Å². The number of rotatable bonds is 2. The molecule has 0 amide bonds. The quantitative estimate of drug-likeness (QED) is 0.620. The molecule has 4 nitrogen and oxygen atoms in total. The van der Waals surface area contributed by atoms with E-state index < -0.39 is 15.6 Å². The van der Waals surface area contributed by atoms with Gasteiger partial charge in [-0.3, -0.25) is 0 Å². The van der Waals surface area contributed by atoms with Crippen LogP contribution in [-0.2, 0) is 10.0 Å². The minimum Gasteiger partial charge on any atom is -0.392 e. The van der Waals surface area contributed by atoms with Crippen LogP contribution >= 0.6 is 12.2 Å². The van der Waals surface area contributed by atoms with E-state index in [1.165, 1.54) is 0 Å². The summed E-state index contributed by atoms with van der Waals surface area (Å²) in [5.41, 5.74) is 5.36. The summed E-state index contributed by atoms with van der Waals surface area (Å²) in [6.07, 6.45) is 5.89. The predicted molar refractivity (Wildman–Crippen MR) is 76.9 cm³/mol. The fourth-order valence-electron chi connectivity index (χ4n) is 3.27. The number of nitrogens with two attached hydrogens (primary N) is 1. The van der Waals surface area contributed by atoms with Crippen molar-refractivity contribution in [3.63, 3.8) is 0 Å². The van der Waals surface area contributed by atoms with Crippen LogP contribution in [0.2, 0.25) is 0 Å². The van der Waals surface area contributed by atoms with E-state index in [4.69, 9.17) is 18.0 Å². The van der Waals surface area contributed by atoms with E-state index in [0.717, 1.165) is 38.5 Å². The molecule has 0 radical (unpaired) electrons. The summed E-state index contributed by atoms with van der Waals surface area (Å²) in [7, 11) is -3.19. The number of hydrogen-bond acceptors (Lipinski definition) is 3. The Balaban J connectivity index is 2.38. The predicted octanol–water partition coefficient (Wildman–Crippen LogP) is 1.65. The molecule has 1 aliphatic carbocycles. The SMILES string of the molecule is CC1CN(C2(C(N)=S)CCCCCC2)S(=O)(=O)C1. The lowest BCUT2D eigenvalue weighted by molar-refractivity contribution is 0.237. The van der Waals surface area contributed by atoms with Gasteiger partial charge in [0.2, 0.25) is 10.0 Å². The zero-order valence-corrected chi connectivity index (χ0v) is 12.5. The Kier molecular flexibility index (Phi) is 3.99. The summed E-state index contributed by atoms with van der Waals surface area (Å²) >= 11 is 5.24. The van der Waals surface area contributed by atoms with Crippen molar-refractivity contribution in [2.45, 2.75) is 51.0 Å². The highest BCUT2D eigenvalue weighted by Crippen LogP contribution is 2.38. The summed E-state index contributed by atoms with van der Waals surface area (Å²) in [6.45, 7) is 2.54. The zero-order chi connectivity index (χ0) is 13.4. The first kappa shape index (κ1) is 14.2. The standard InChI is InChI=1S/C12H22N2O2S2/c1-10-8-14(18(15,16)9-10)12(11(13)17)6-4-2-3-5-7-12/h10H,2-9H2,1H3,(H2,13,17). The Hall–Kier alpha value is -0.200. The molecular formula is C12H22N2O2S2. The summed E-state index contributed by atoms with van der Waals surface area (Å²) in [4.78, 5) is 0.363. The molecule has 104 valence electrons. The smallest absolute Gasteiger partial charge is 0.215 e. The average Bonchev–Trinajstić information content (AvgIpc) is 2.49. The van der Waals surface area contributed by atoms with Gasteiger partial charge in [0.15, 0.2) is 0 Å². The van der Waals surface area contributed by atoms with Crippen LogP contribution in [0.3, 0.4) is 0 Å². The highest BCUT2D eigenvalue weighted by Gasteiger charge is 2.49. The topological polar surface area (TPSA) is 63.4 Å². The van der Waals surface area contributed by atoms with Crippen LogP contribution in [0.1, 0.15) is 45.4 Å². The largest absolute Gasteiger partial charge is 0.392 e. The van der Waals surface area contributed by atoms with Crippen molar-refractivity contribution < 1.29 is 8.42 Å². The first-order chi connectivity index (χ1) is 8.38. The molecule has 1 saturated carbocycles. The fraction of sp³-hybridized carbons (Fsp3) is 0.917. The number of sulfonamides is 1. The van der Waals surface area contributed by atoms with Crippen molar-refractivity contribution in [2.75, 3.05) is 12.3 Å². The summed E-state index contributed by atoms with van der Waals surface area (Å²) in [5, 5.41) is 0. The second kappa shape index (κ2) is 5.06. The van der Waals surface area contributed by atoms with Gasteiger partial charge in [-0.25, -0.2) is 8.42 Å². The summed E-state index contributed by atoms with van der Waals surface area (Å²) < 4.78 is 26.2. The van der Waals surface area contributed by atoms with Crippen molar-refractivity contribution in [1.29, 1.82) is 0 Å². The van der Waals surface area contributed by atoms with Crippen LogP contribution in [0.15, 0.2) is 0 Å². The third-order valence-corrected chi connectivity index (χ3v) is 6.72. The second-order valence-electron chi connectivity index (χ2n) is 5.72. The number of hydrogen-bond donors (Lipinski definition) is 1. The lowest BCUT2D eigenvalue weighted by atomic mass is 9.89. The molecule has 2 aliphatic rings. The molecular weight excluding hydrogens is 268 g/mol. The molecule has 1 heterocycles. The van der Waals surface area contributed by atoms with Crippen LogP contribution in [0, 0.1) is 5.92 Å². The molecule has 18 heavy (non-hydrogen) atoms. The van der Waals surface area contributed by atoms with Crippen molar-refractivity contribution >= 4 is 27.2 Å². The highest BCUT2D eigenvalue weighted by molar-refractivity contribution is 7.89. The highest BCUT2D eigenvalue weighted by atomic mass is 32.2. The van der Waals surface area contributed by atoms with Crippen LogP contribution in [0.25, 0.3) is 0 Å². The van der Waals surface area contributed by atoms with Gasteiger partial charge in [-0.05, 0) is 18.8 Å². The van der Waals surface area contributed by atoms with Gasteiger partial charge in [-0.1, -0.05) is 44.8 Å². The van der Waals surface area contributed by atoms with E-state index in [2.05, 4.69) is 0 Å². The van der Waals surface area contributed by atoms with Gasteiger partial charge in [-0.15, -0.1) is 0 Å². The second-order valence-corrected chi connectivity index (χ2v) is 8.10. The Morgan fingerprint density at radius 3 is 2.22 bits per heavy atom. The van der Waals surface area contributed by atoms with Gasteiger partial charge < -0.3 is 5.73 Å². The Bertz CT molecular complexity index is 425. The molecule has 1 atom stereocenters. The van der Waals surface area contributed by atoms with Gasteiger partial charge in [0.1, 0.15) is 0 Å². The monoisotopic (exact) mass is 290 g/mol. The van der Waals surface area contributed by atoms with Crippen LogP contribution < -0.4 is 5.73 Å². The fourth-order valence-corrected chi connectivity index (χ4v) is 5.94. The van der Waals surface area contributed by atoms with Crippen LogP contribution in [-0.4, -0.2) is 35.5 Å². The Morgan fingerprint density at radius 1 is 1.28 bits per heavy atom. The van der Waals surface area contributed by atoms with Gasteiger partial charge in [0, 0.05) is 6.54 Å². The molecule has 2 fully saturated rings. The van der Waals surface area contributed by atoms with Crippen molar-refractivity contribution in [3.05, 3.63) is 0 Å². The first-order valence-electron chi connectivity index (χ1n) is 6.69. The van der Waals surface area contributed by atoms with Gasteiger partial charge in [0.05, 0.1) is 16.3 Å². The van der Waals surface area contributed by atoms with Crippen molar-refractivity contribution in [2.24, 2.45) is 11.7 Å². The summed E-state index contributed by atoms with van der Waals surface area (Å²) in [6, 6.07) is 0. The molecule has 1 saturated heterocycles. The minimum absolute atomic E-state index is 0.171. The molecule has 0 aromatic rings. The van der Waals surface area contributed by atoms with E-state index in [1.54, 1.807) is 4.31 Å². The van der Waals surface area contributed by atoms with E-state index in [1.807, 2.05) is 6.92 Å². The molecule has 0 spiro atoms. The summed E-state index contributed by atoms with van der Waals surface area (Å²) in [5.74, 6) is 0.404. The van der Waals surface area contributed by atoms with Gasteiger partial charge >= 0.3 is 0 Å². The lowest BCUT2D eigenvalue weighted by Crippen LogP contribution is -2.57. The van der Waals surface area contributed by atoms with E-state index in [0.29, 0.717) is 11.5 Å². The third-order valence-electron chi connectivity index (χ3n) is 4.18. The molecule has 0 aromatic carbocycles. The molecule has 2 N–H and O–H groups in total. The molecule has 0 bridgehead atoms. The number of nitrogens with zero attached hydrogens (tertiary/aromatic N) is 1. The van der Waals surface area contributed by atoms with Crippen molar-refractivity contribution in [3.8, 4) is 0 Å². The maximum absolute atomic E-state index is 12.3. The maximum Gasteiger partial charge on any atom is 0.215 e. The first-order valence-corrected chi connectivity index (χ1v) is 8.71. The van der Waals surface area contributed by atoms with E-state index >= 15 is 0 Å². The molecule has 1 aliphatic heterocycles. The number of thiocarbonyl (C=S) groups is 1. The van der Waals surface area contributed by atoms with Gasteiger partial charge in [0.25, 0.3) is 0 Å². The molecule has 1 unspecified atom stereocenters. The normalized spacial score (nSPS) is 31.9. The van der Waals surface area contributed by atoms with E-state index in [9.17, 15) is 8.42 Å². The van der Waals surface area contributed by atoms with Crippen molar-refractivity contribution in [1.82, 2.24) is 4.31 Å². The minimum atomic E-state index is -3.19. The lowest BCUT2D eigenvalue weighted by Gasteiger charge is -2.39. The molecule has 2 rings (SSSR count). The Morgan fingerprint density at radius 2 is 1.83 bits per heavy atom. The molecule has 6 heteroatoms. The van der Waals surface area contributed by atoms with E-state index in [-0.39, 0.29) is 11.7 Å². The Labute approximate surface area is 115 Å².